The number of imidazole rings is 1. The number of sulfonamides is 1. The molecular formula is C13H16ClN3O3S. The molecule has 2 aromatic heterocycles. The van der Waals surface area contributed by atoms with Gasteiger partial charge in [-0.3, -0.25) is 4.40 Å². The van der Waals surface area contributed by atoms with Crippen LogP contribution in [0.3, 0.4) is 0 Å². The van der Waals surface area contributed by atoms with Crippen LogP contribution in [-0.2, 0) is 14.8 Å². The van der Waals surface area contributed by atoms with E-state index in [0.717, 1.165) is 0 Å². The van der Waals surface area contributed by atoms with Crippen LogP contribution in [0.15, 0.2) is 29.4 Å². The van der Waals surface area contributed by atoms with Crippen molar-refractivity contribution in [3.8, 4) is 0 Å². The largest absolute Gasteiger partial charge is 0.381 e. The Morgan fingerprint density at radius 3 is 2.81 bits per heavy atom. The maximum atomic E-state index is 12.7. The highest BCUT2D eigenvalue weighted by atomic mass is 35.5. The lowest BCUT2D eigenvalue weighted by atomic mass is 9.94. The minimum absolute atomic E-state index is 0.0208. The van der Waals surface area contributed by atoms with Gasteiger partial charge in [0.05, 0.1) is 0 Å². The quantitative estimate of drug-likeness (QED) is 0.932. The van der Waals surface area contributed by atoms with Crippen LogP contribution in [0.4, 0.5) is 0 Å². The molecule has 1 saturated heterocycles. The van der Waals surface area contributed by atoms with Gasteiger partial charge in [0.1, 0.15) is 5.65 Å². The first-order valence-corrected chi connectivity index (χ1v) is 8.52. The van der Waals surface area contributed by atoms with E-state index in [1.807, 2.05) is 6.92 Å². The predicted octanol–water partition coefficient (Wildman–Crippen LogP) is 1.84. The molecule has 0 unspecified atom stereocenters. The normalized spacial score (nSPS) is 19.0. The molecule has 1 aliphatic rings. The Morgan fingerprint density at radius 2 is 2.10 bits per heavy atom. The summed E-state index contributed by atoms with van der Waals surface area (Å²) >= 11 is 6.04. The first-order chi connectivity index (χ1) is 9.91. The van der Waals surface area contributed by atoms with Crippen molar-refractivity contribution >= 4 is 27.3 Å². The van der Waals surface area contributed by atoms with Gasteiger partial charge >= 0.3 is 0 Å². The average Bonchev–Trinajstić information content (AvgIpc) is 2.74. The third-order valence-electron chi connectivity index (χ3n) is 3.68. The van der Waals surface area contributed by atoms with Crippen LogP contribution >= 0.6 is 11.6 Å². The molecule has 1 fully saturated rings. The lowest BCUT2D eigenvalue weighted by Crippen LogP contribution is -2.49. The van der Waals surface area contributed by atoms with Gasteiger partial charge in [-0.1, -0.05) is 17.7 Å². The SMILES string of the molecule is CC1(NS(=O)(=O)c2c(Cl)nc3ccccn23)CCOCC1. The van der Waals surface area contributed by atoms with Gasteiger partial charge in [0.25, 0.3) is 10.0 Å². The molecular weight excluding hydrogens is 314 g/mol. The molecule has 1 aliphatic heterocycles. The molecule has 3 heterocycles. The molecule has 0 bridgehead atoms. The first kappa shape index (κ1) is 14.8. The number of halogens is 1. The molecule has 0 aliphatic carbocycles. The van der Waals surface area contributed by atoms with Gasteiger partial charge in [-0.2, -0.15) is 0 Å². The highest BCUT2D eigenvalue weighted by molar-refractivity contribution is 7.89. The van der Waals surface area contributed by atoms with Crippen LogP contribution in [0, 0.1) is 0 Å². The maximum absolute atomic E-state index is 12.7. The molecule has 8 heteroatoms. The highest BCUT2D eigenvalue weighted by Gasteiger charge is 2.35. The zero-order valence-corrected chi connectivity index (χ0v) is 13.1. The van der Waals surface area contributed by atoms with Gasteiger partial charge in [0, 0.05) is 24.9 Å². The summed E-state index contributed by atoms with van der Waals surface area (Å²) in [5.74, 6) is 0. The Kier molecular flexibility index (Phi) is 3.69. The smallest absolute Gasteiger partial charge is 0.260 e. The number of ether oxygens (including phenoxy) is 1. The van der Waals surface area contributed by atoms with Crippen LogP contribution in [0.2, 0.25) is 5.15 Å². The highest BCUT2D eigenvalue weighted by Crippen LogP contribution is 2.27. The third-order valence-corrected chi connectivity index (χ3v) is 5.71. The average molecular weight is 330 g/mol. The summed E-state index contributed by atoms with van der Waals surface area (Å²) in [4.78, 5) is 4.08. The van der Waals surface area contributed by atoms with Gasteiger partial charge in [-0.15, -0.1) is 0 Å². The summed E-state index contributed by atoms with van der Waals surface area (Å²) in [5, 5.41) is -0.0446. The fourth-order valence-corrected chi connectivity index (χ4v) is 4.59. The standard InChI is InChI=1S/C13H16ClN3O3S/c1-13(5-8-20-9-6-13)16-21(18,19)12-11(14)15-10-4-2-3-7-17(10)12/h2-4,7,16H,5-6,8-9H2,1H3. The molecule has 114 valence electrons. The lowest BCUT2D eigenvalue weighted by Gasteiger charge is -2.33. The van der Waals surface area contributed by atoms with E-state index >= 15 is 0 Å². The van der Waals surface area contributed by atoms with Crippen molar-refractivity contribution in [2.24, 2.45) is 0 Å². The lowest BCUT2D eigenvalue weighted by molar-refractivity contribution is 0.0537. The van der Waals surface area contributed by atoms with Crippen LogP contribution in [0.1, 0.15) is 19.8 Å². The Labute approximate surface area is 128 Å². The van der Waals surface area contributed by atoms with Crippen molar-refractivity contribution in [1.82, 2.24) is 14.1 Å². The number of aromatic nitrogens is 2. The molecule has 0 amide bonds. The van der Waals surface area contributed by atoms with Gasteiger partial charge in [-0.25, -0.2) is 18.1 Å². The van der Waals surface area contributed by atoms with Gasteiger partial charge < -0.3 is 4.74 Å². The fraction of sp³-hybridized carbons (Fsp3) is 0.462. The summed E-state index contributed by atoms with van der Waals surface area (Å²) in [7, 11) is -3.77. The Hall–Kier alpha value is -1.15. The Morgan fingerprint density at radius 1 is 1.38 bits per heavy atom. The Bertz CT molecular complexity index is 766. The van der Waals surface area contributed by atoms with Crippen molar-refractivity contribution in [2.75, 3.05) is 13.2 Å². The van der Waals surface area contributed by atoms with E-state index in [1.54, 1.807) is 24.4 Å². The monoisotopic (exact) mass is 329 g/mol. The maximum Gasteiger partial charge on any atom is 0.260 e. The van der Waals surface area contributed by atoms with Crippen molar-refractivity contribution < 1.29 is 13.2 Å². The predicted molar refractivity (Wildman–Crippen MR) is 79.0 cm³/mol. The number of rotatable bonds is 3. The van der Waals surface area contributed by atoms with Crippen molar-refractivity contribution in [3.63, 3.8) is 0 Å². The van der Waals surface area contributed by atoms with Gasteiger partial charge in [-0.05, 0) is 31.9 Å². The van der Waals surface area contributed by atoms with E-state index in [9.17, 15) is 8.42 Å². The molecule has 6 nitrogen and oxygen atoms in total. The first-order valence-electron chi connectivity index (χ1n) is 6.66. The molecule has 0 spiro atoms. The number of nitrogens with zero attached hydrogens (tertiary/aromatic N) is 2. The number of fused-ring (bicyclic) bond motifs is 1. The number of hydrogen-bond donors (Lipinski definition) is 1. The van der Waals surface area contributed by atoms with Gasteiger partial charge in [0.15, 0.2) is 10.2 Å². The molecule has 0 aromatic carbocycles. The van der Waals surface area contributed by atoms with Crippen LogP contribution < -0.4 is 4.72 Å². The zero-order valence-electron chi connectivity index (χ0n) is 11.5. The number of pyridine rings is 1. The number of hydrogen-bond acceptors (Lipinski definition) is 4. The molecule has 2 aromatic rings. The summed E-state index contributed by atoms with van der Waals surface area (Å²) in [6, 6.07) is 5.23. The van der Waals surface area contributed by atoms with Crippen molar-refractivity contribution in [2.45, 2.75) is 30.3 Å². The minimum atomic E-state index is -3.77. The van der Waals surface area contributed by atoms with E-state index < -0.39 is 15.6 Å². The van der Waals surface area contributed by atoms with Crippen molar-refractivity contribution in [3.05, 3.63) is 29.5 Å². The van der Waals surface area contributed by atoms with E-state index in [0.29, 0.717) is 31.7 Å². The molecule has 3 rings (SSSR count). The topological polar surface area (TPSA) is 72.7 Å². The van der Waals surface area contributed by atoms with E-state index in [-0.39, 0.29) is 10.2 Å². The molecule has 0 atom stereocenters. The van der Waals surface area contributed by atoms with Crippen LogP contribution in [-0.4, -0.2) is 36.6 Å². The van der Waals surface area contributed by atoms with Crippen LogP contribution in [0.5, 0.6) is 0 Å². The third kappa shape index (κ3) is 2.78. The molecule has 21 heavy (non-hydrogen) atoms. The second kappa shape index (κ2) is 5.24. The van der Waals surface area contributed by atoms with Crippen LogP contribution in [0.25, 0.3) is 5.65 Å². The van der Waals surface area contributed by atoms with E-state index in [2.05, 4.69) is 9.71 Å². The Balaban J connectivity index is 2.02. The summed E-state index contributed by atoms with van der Waals surface area (Å²) in [6.45, 7) is 2.96. The minimum Gasteiger partial charge on any atom is -0.381 e. The second-order valence-corrected chi connectivity index (χ2v) is 7.37. The van der Waals surface area contributed by atoms with Crippen molar-refractivity contribution in [1.29, 1.82) is 0 Å². The summed E-state index contributed by atoms with van der Waals surface area (Å²) in [5.41, 5.74) is -0.0284. The van der Waals surface area contributed by atoms with E-state index in [4.69, 9.17) is 16.3 Å². The fourth-order valence-electron chi connectivity index (χ4n) is 2.48. The molecule has 1 N–H and O–H groups in total. The molecule has 0 radical (unpaired) electrons. The summed E-state index contributed by atoms with van der Waals surface area (Å²) in [6.07, 6.45) is 2.89. The number of nitrogens with one attached hydrogen (secondary N) is 1. The zero-order chi connectivity index (χ0) is 15.1. The van der Waals surface area contributed by atoms with E-state index in [1.165, 1.54) is 4.40 Å². The second-order valence-electron chi connectivity index (χ2n) is 5.42. The summed E-state index contributed by atoms with van der Waals surface area (Å²) < 4.78 is 34.9. The molecule has 0 saturated carbocycles. The van der Waals surface area contributed by atoms with Gasteiger partial charge in [0.2, 0.25) is 0 Å².